The predicted octanol–water partition coefficient (Wildman–Crippen LogP) is 2.48. The fraction of sp³-hybridized carbons (Fsp3) is 0.278. The standard InChI is InChI=1S/C18H22N2O2.ClH/c1-14-6-5-9-16(12-14)22-11-10-20-18(21)17(19)13-15-7-3-2-4-8-15;/h2-9,12,17H,10-11,13,19H2,1H3,(H,20,21);1H/t17-;/m0./s1. The van der Waals surface area contributed by atoms with Crippen LogP contribution in [0.4, 0.5) is 0 Å². The first-order valence-electron chi connectivity index (χ1n) is 7.42. The van der Waals surface area contributed by atoms with Gasteiger partial charge in [0.15, 0.2) is 0 Å². The molecule has 2 aromatic rings. The van der Waals surface area contributed by atoms with Crippen molar-refractivity contribution in [3.05, 3.63) is 65.7 Å². The topological polar surface area (TPSA) is 64.3 Å². The summed E-state index contributed by atoms with van der Waals surface area (Å²) in [6.07, 6.45) is 0.533. The summed E-state index contributed by atoms with van der Waals surface area (Å²) in [5.74, 6) is 0.652. The highest BCUT2D eigenvalue weighted by molar-refractivity contribution is 5.85. The smallest absolute Gasteiger partial charge is 0.237 e. The largest absolute Gasteiger partial charge is 0.492 e. The summed E-state index contributed by atoms with van der Waals surface area (Å²) < 4.78 is 5.58. The molecule has 0 aliphatic heterocycles. The average Bonchev–Trinajstić information content (AvgIpc) is 2.52. The molecule has 0 aliphatic rings. The van der Waals surface area contributed by atoms with Crippen LogP contribution in [-0.2, 0) is 11.2 Å². The third-order valence-corrected chi connectivity index (χ3v) is 3.29. The van der Waals surface area contributed by atoms with Crippen LogP contribution >= 0.6 is 12.4 Å². The fourth-order valence-electron chi connectivity index (χ4n) is 2.14. The van der Waals surface area contributed by atoms with Crippen LogP contribution in [0.25, 0.3) is 0 Å². The molecule has 0 spiro atoms. The van der Waals surface area contributed by atoms with Crippen LogP contribution in [0.1, 0.15) is 11.1 Å². The molecule has 0 fully saturated rings. The molecule has 1 amide bonds. The maximum absolute atomic E-state index is 11.9. The lowest BCUT2D eigenvalue weighted by atomic mass is 10.1. The summed E-state index contributed by atoms with van der Waals surface area (Å²) in [7, 11) is 0. The molecule has 0 heterocycles. The van der Waals surface area contributed by atoms with Gasteiger partial charge in [-0.2, -0.15) is 0 Å². The minimum Gasteiger partial charge on any atom is -0.492 e. The first-order chi connectivity index (χ1) is 10.6. The quantitative estimate of drug-likeness (QED) is 0.765. The van der Waals surface area contributed by atoms with Crippen molar-refractivity contribution in [3.8, 4) is 5.75 Å². The van der Waals surface area contributed by atoms with Crippen molar-refractivity contribution in [1.82, 2.24) is 5.32 Å². The number of nitrogens with one attached hydrogen (secondary N) is 1. The highest BCUT2D eigenvalue weighted by Crippen LogP contribution is 2.11. The van der Waals surface area contributed by atoms with Crippen molar-refractivity contribution in [2.24, 2.45) is 5.73 Å². The Bertz CT molecular complexity index is 605. The molecule has 0 radical (unpaired) electrons. The highest BCUT2D eigenvalue weighted by atomic mass is 35.5. The molecule has 4 nitrogen and oxygen atoms in total. The second-order valence-corrected chi connectivity index (χ2v) is 5.25. The van der Waals surface area contributed by atoms with E-state index in [0.717, 1.165) is 16.9 Å². The molecule has 5 heteroatoms. The first kappa shape index (κ1) is 19.0. The van der Waals surface area contributed by atoms with E-state index in [9.17, 15) is 4.79 Å². The van der Waals surface area contributed by atoms with Gasteiger partial charge in [-0.3, -0.25) is 4.79 Å². The number of carbonyl (C=O) groups is 1. The number of rotatable bonds is 7. The number of carbonyl (C=O) groups excluding carboxylic acids is 1. The summed E-state index contributed by atoms with van der Waals surface area (Å²) in [6.45, 7) is 2.87. The van der Waals surface area contributed by atoms with E-state index in [-0.39, 0.29) is 18.3 Å². The minimum absolute atomic E-state index is 0. The third-order valence-electron chi connectivity index (χ3n) is 3.29. The number of halogens is 1. The Morgan fingerprint density at radius 2 is 1.91 bits per heavy atom. The number of amides is 1. The van der Waals surface area contributed by atoms with Crippen LogP contribution < -0.4 is 15.8 Å². The second kappa shape index (κ2) is 9.87. The maximum atomic E-state index is 11.9. The van der Waals surface area contributed by atoms with Crippen molar-refractivity contribution >= 4 is 18.3 Å². The van der Waals surface area contributed by atoms with E-state index in [1.54, 1.807) is 0 Å². The SMILES string of the molecule is Cc1cccc(OCCNC(=O)[C@@H](N)Cc2ccccc2)c1.Cl. The molecule has 3 N–H and O–H groups in total. The molecular formula is C18H23ClN2O2. The van der Waals surface area contributed by atoms with Crippen LogP contribution in [0, 0.1) is 6.92 Å². The second-order valence-electron chi connectivity index (χ2n) is 5.25. The van der Waals surface area contributed by atoms with E-state index in [4.69, 9.17) is 10.5 Å². The monoisotopic (exact) mass is 334 g/mol. The number of ether oxygens (including phenoxy) is 1. The van der Waals surface area contributed by atoms with E-state index < -0.39 is 6.04 Å². The van der Waals surface area contributed by atoms with Crippen LogP contribution in [0.5, 0.6) is 5.75 Å². The van der Waals surface area contributed by atoms with Gasteiger partial charge < -0.3 is 15.8 Å². The van der Waals surface area contributed by atoms with Gasteiger partial charge >= 0.3 is 0 Å². The van der Waals surface area contributed by atoms with E-state index in [0.29, 0.717) is 19.6 Å². The van der Waals surface area contributed by atoms with Crippen molar-refractivity contribution in [1.29, 1.82) is 0 Å². The zero-order chi connectivity index (χ0) is 15.8. The summed E-state index contributed by atoms with van der Waals surface area (Å²) in [6, 6.07) is 17.0. The highest BCUT2D eigenvalue weighted by Gasteiger charge is 2.13. The molecule has 0 saturated heterocycles. The molecule has 0 unspecified atom stereocenters. The van der Waals surface area contributed by atoms with Crippen LogP contribution in [0.2, 0.25) is 0 Å². The average molecular weight is 335 g/mol. The number of hydrogen-bond donors (Lipinski definition) is 2. The number of aryl methyl sites for hydroxylation is 1. The Balaban J connectivity index is 0.00000264. The Labute approximate surface area is 143 Å². The molecule has 0 saturated carbocycles. The van der Waals surface area contributed by atoms with E-state index in [2.05, 4.69) is 5.32 Å². The normalized spacial score (nSPS) is 11.2. The lowest BCUT2D eigenvalue weighted by molar-refractivity contribution is -0.122. The van der Waals surface area contributed by atoms with Gasteiger partial charge in [0.1, 0.15) is 12.4 Å². The third kappa shape index (κ3) is 6.72. The van der Waals surface area contributed by atoms with Crippen LogP contribution in [-0.4, -0.2) is 25.1 Å². The van der Waals surface area contributed by atoms with Gasteiger partial charge in [0.2, 0.25) is 5.91 Å². The summed E-state index contributed by atoms with van der Waals surface area (Å²) >= 11 is 0. The molecule has 2 aromatic carbocycles. The van der Waals surface area contributed by atoms with Crippen molar-refractivity contribution in [2.45, 2.75) is 19.4 Å². The number of nitrogens with two attached hydrogens (primary N) is 1. The minimum atomic E-state index is -0.540. The van der Waals surface area contributed by atoms with Gasteiger partial charge in [0.05, 0.1) is 12.6 Å². The van der Waals surface area contributed by atoms with E-state index in [1.165, 1.54) is 0 Å². The Hall–Kier alpha value is -2.04. The molecular weight excluding hydrogens is 312 g/mol. The Kier molecular flexibility index (Phi) is 8.16. The number of hydrogen-bond acceptors (Lipinski definition) is 3. The van der Waals surface area contributed by atoms with Gasteiger partial charge in [-0.15, -0.1) is 12.4 Å². The van der Waals surface area contributed by atoms with Gasteiger partial charge in [-0.25, -0.2) is 0 Å². The molecule has 2 rings (SSSR count). The molecule has 0 aliphatic carbocycles. The summed E-state index contributed by atoms with van der Waals surface area (Å²) in [5, 5.41) is 2.80. The van der Waals surface area contributed by atoms with Gasteiger partial charge in [-0.1, -0.05) is 42.5 Å². The maximum Gasteiger partial charge on any atom is 0.237 e. The first-order valence-corrected chi connectivity index (χ1v) is 7.42. The van der Waals surface area contributed by atoms with Gasteiger partial charge in [0, 0.05) is 0 Å². The molecule has 1 atom stereocenters. The lowest BCUT2D eigenvalue weighted by Gasteiger charge is -2.13. The zero-order valence-electron chi connectivity index (χ0n) is 13.2. The summed E-state index contributed by atoms with van der Waals surface area (Å²) in [4.78, 5) is 11.9. The van der Waals surface area contributed by atoms with Crippen molar-refractivity contribution in [3.63, 3.8) is 0 Å². The molecule has 124 valence electrons. The fourth-order valence-corrected chi connectivity index (χ4v) is 2.14. The van der Waals surface area contributed by atoms with Crippen LogP contribution in [0.15, 0.2) is 54.6 Å². The molecule has 23 heavy (non-hydrogen) atoms. The zero-order valence-corrected chi connectivity index (χ0v) is 14.0. The van der Waals surface area contributed by atoms with E-state index in [1.807, 2.05) is 61.5 Å². The van der Waals surface area contributed by atoms with Gasteiger partial charge in [0.25, 0.3) is 0 Å². The summed E-state index contributed by atoms with van der Waals surface area (Å²) in [5.41, 5.74) is 8.11. The van der Waals surface area contributed by atoms with Gasteiger partial charge in [-0.05, 0) is 36.6 Å². The predicted molar refractivity (Wildman–Crippen MR) is 95.1 cm³/mol. The van der Waals surface area contributed by atoms with Crippen molar-refractivity contribution < 1.29 is 9.53 Å². The lowest BCUT2D eigenvalue weighted by Crippen LogP contribution is -2.43. The number of benzene rings is 2. The van der Waals surface area contributed by atoms with Crippen molar-refractivity contribution in [2.75, 3.05) is 13.2 Å². The Morgan fingerprint density at radius 3 is 2.61 bits per heavy atom. The van der Waals surface area contributed by atoms with Crippen LogP contribution in [0.3, 0.4) is 0 Å². The molecule has 0 aromatic heterocycles. The molecule has 0 bridgehead atoms. The Morgan fingerprint density at radius 1 is 1.17 bits per heavy atom. The van der Waals surface area contributed by atoms with E-state index >= 15 is 0 Å².